The fourth-order valence-corrected chi connectivity index (χ4v) is 1.98. The van der Waals surface area contributed by atoms with Crippen molar-refractivity contribution in [2.24, 2.45) is 0 Å². The van der Waals surface area contributed by atoms with Gasteiger partial charge in [0.25, 0.3) is 0 Å². The topological polar surface area (TPSA) is 44.8 Å². The molecule has 19 heavy (non-hydrogen) atoms. The normalized spacial score (nSPS) is 18.3. The van der Waals surface area contributed by atoms with Gasteiger partial charge in [-0.1, -0.05) is 6.07 Å². The number of esters is 1. The van der Waals surface area contributed by atoms with Gasteiger partial charge in [-0.25, -0.2) is 9.18 Å². The van der Waals surface area contributed by atoms with Crippen LogP contribution < -0.4 is 4.74 Å². The predicted octanol–water partition coefficient (Wildman–Crippen LogP) is 2.56. The molecule has 1 heterocycles. The molecule has 104 valence electrons. The number of rotatable bonds is 5. The molecule has 0 spiro atoms. The molecule has 1 aromatic carbocycles. The van der Waals surface area contributed by atoms with Crippen molar-refractivity contribution in [3.05, 3.63) is 29.6 Å². The van der Waals surface area contributed by atoms with Gasteiger partial charge in [0, 0.05) is 6.61 Å². The van der Waals surface area contributed by atoms with Crippen molar-refractivity contribution in [1.29, 1.82) is 0 Å². The first kappa shape index (κ1) is 13.8. The maximum absolute atomic E-state index is 13.6. The second-order valence-corrected chi connectivity index (χ2v) is 4.28. The van der Waals surface area contributed by atoms with Crippen molar-refractivity contribution in [3.63, 3.8) is 0 Å². The molecule has 1 saturated heterocycles. The number of para-hydroxylation sites is 1. The first-order chi connectivity index (χ1) is 9.22. The van der Waals surface area contributed by atoms with Gasteiger partial charge in [-0.15, -0.1) is 0 Å². The van der Waals surface area contributed by atoms with E-state index in [0.29, 0.717) is 6.61 Å². The highest BCUT2D eigenvalue weighted by Crippen LogP contribution is 2.24. The highest BCUT2D eigenvalue weighted by Gasteiger charge is 2.21. The van der Waals surface area contributed by atoms with Crippen LogP contribution in [0.5, 0.6) is 5.75 Å². The average molecular weight is 268 g/mol. The Morgan fingerprint density at radius 1 is 1.53 bits per heavy atom. The van der Waals surface area contributed by atoms with Crippen molar-refractivity contribution in [2.45, 2.75) is 25.9 Å². The van der Waals surface area contributed by atoms with Crippen LogP contribution in [0.1, 0.15) is 30.1 Å². The summed E-state index contributed by atoms with van der Waals surface area (Å²) >= 11 is 0. The molecule has 1 aliphatic heterocycles. The second kappa shape index (κ2) is 6.52. The van der Waals surface area contributed by atoms with Gasteiger partial charge >= 0.3 is 5.97 Å². The minimum absolute atomic E-state index is 0.0481. The summed E-state index contributed by atoms with van der Waals surface area (Å²) < 4.78 is 29.2. The van der Waals surface area contributed by atoms with Crippen molar-refractivity contribution < 1.29 is 23.4 Å². The molecule has 0 N–H and O–H groups in total. The number of ether oxygens (including phenoxy) is 3. The van der Waals surface area contributed by atoms with E-state index in [0.717, 1.165) is 12.8 Å². The van der Waals surface area contributed by atoms with E-state index in [-0.39, 0.29) is 30.6 Å². The smallest absolute Gasteiger partial charge is 0.342 e. The number of carbonyl (C=O) groups is 1. The summed E-state index contributed by atoms with van der Waals surface area (Å²) in [5, 5.41) is 0. The Hall–Kier alpha value is -1.62. The van der Waals surface area contributed by atoms with Crippen LogP contribution in [-0.4, -0.2) is 31.9 Å². The second-order valence-electron chi connectivity index (χ2n) is 4.28. The van der Waals surface area contributed by atoms with E-state index in [9.17, 15) is 9.18 Å². The van der Waals surface area contributed by atoms with E-state index >= 15 is 0 Å². The molecule has 0 aromatic heterocycles. The lowest BCUT2D eigenvalue weighted by molar-refractivity contribution is 0.0158. The van der Waals surface area contributed by atoms with Crippen molar-refractivity contribution >= 4 is 5.97 Å². The molecule has 1 aromatic rings. The van der Waals surface area contributed by atoms with Gasteiger partial charge < -0.3 is 14.2 Å². The SMILES string of the molecule is CCOc1c(F)cccc1C(=O)OCC1CCCO1. The van der Waals surface area contributed by atoms with Crippen LogP contribution in [0.25, 0.3) is 0 Å². The molecule has 4 nitrogen and oxygen atoms in total. The van der Waals surface area contributed by atoms with E-state index in [1.165, 1.54) is 18.2 Å². The number of carbonyl (C=O) groups excluding carboxylic acids is 1. The molecule has 0 saturated carbocycles. The number of hydrogen-bond acceptors (Lipinski definition) is 4. The maximum atomic E-state index is 13.6. The van der Waals surface area contributed by atoms with Crippen molar-refractivity contribution in [3.8, 4) is 5.75 Å². The zero-order valence-electron chi connectivity index (χ0n) is 10.9. The molecule has 0 radical (unpaired) electrons. The highest BCUT2D eigenvalue weighted by molar-refractivity contribution is 5.92. The van der Waals surface area contributed by atoms with Crippen molar-refractivity contribution in [1.82, 2.24) is 0 Å². The van der Waals surface area contributed by atoms with Crippen LogP contribution >= 0.6 is 0 Å². The molecular weight excluding hydrogens is 251 g/mol. The third-order valence-electron chi connectivity index (χ3n) is 2.90. The molecule has 5 heteroatoms. The lowest BCUT2D eigenvalue weighted by Gasteiger charge is -2.13. The van der Waals surface area contributed by atoms with E-state index in [2.05, 4.69) is 0 Å². The summed E-state index contributed by atoms with van der Waals surface area (Å²) in [5.41, 5.74) is 0.111. The molecule has 1 fully saturated rings. The van der Waals surface area contributed by atoms with Gasteiger partial charge in [-0.3, -0.25) is 0 Å². The molecule has 1 atom stereocenters. The Labute approximate surface area is 111 Å². The van der Waals surface area contributed by atoms with Gasteiger partial charge in [0.05, 0.1) is 12.7 Å². The van der Waals surface area contributed by atoms with Crippen LogP contribution in [0.2, 0.25) is 0 Å². The number of benzene rings is 1. The number of hydrogen-bond donors (Lipinski definition) is 0. The minimum atomic E-state index is -0.585. The standard InChI is InChI=1S/C14H17FO4/c1-2-17-13-11(6-3-7-12(13)15)14(16)19-9-10-5-4-8-18-10/h3,6-7,10H,2,4-5,8-9H2,1H3. The summed E-state index contributed by atoms with van der Waals surface area (Å²) in [6.45, 7) is 2.91. The number of halogens is 1. The van der Waals surface area contributed by atoms with Crippen LogP contribution in [0.4, 0.5) is 4.39 Å². The van der Waals surface area contributed by atoms with E-state index < -0.39 is 11.8 Å². The summed E-state index contributed by atoms with van der Waals surface area (Å²) in [4.78, 5) is 11.9. The van der Waals surface area contributed by atoms with Crippen LogP contribution in [0.3, 0.4) is 0 Å². The predicted molar refractivity (Wildman–Crippen MR) is 66.8 cm³/mol. The first-order valence-electron chi connectivity index (χ1n) is 6.42. The van der Waals surface area contributed by atoms with Gasteiger partial charge in [0.15, 0.2) is 11.6 Å². The molecule has 0 amide bonds. The molecule has 1 unspecified atom stereocenters. The monoisotopic (exact) mass is 268 g/mol. The summed E-state index contributed by atoms with van der Waals surface area (Å²) in [5.74, 6) is -1.20. The Bertz CT molecular complexity index is 441. The minimum Gasteiger partial charge on any atom is -0.490 e. The first-order valence-corrected chi connectivity index (χ1v) is 6.42. The summed E-state index contributed by atoms with van der Waals surface area (Å²) in [7, 11) is 0. The van der Waals surface area contributed by atoms with Crippen molar-refractivity contribution in [2.75, 3.05) is 19.8 Å². The third-order valence-corrected chi connectivity index (χ3v) is 2.90. The molecule has 0 bridgehead atoms. The lowest BCUT2D eigenvalue weighted by atomic mass is 10.2. The van der Waals surface area contributed by atoms with Gasteiger partial charge in [0.2, 0.25) is 0 Å². The highest BCUT2D eigenvalue weighted by atomic mass is 19.1. The van der Waals surface area contributed by atoms with Gasteiger partial charge in [-0.05, 0) is 31.9 Å². The third kappa shape index (κ3) is 3.44. The van der Waals surface area contributed by atoms with Crippen LogP contribution in [0.15, 0.2) is 18.2 Å². The van der Waals surface area contributed by atoms with Crippen LogP contribution in [0, 0.1) is 5.82 Å². The Kier molecular flexibility index (Phi) is 4.74. The molecule has 1 aliphatic rings. The Balaban J connectivity index is 2.03. The molecule has 0 aliphatic carbocycles. The fraction of sp³-hybridized carbons (Fsp3) is 0.500. The zero-order chi connectivity index (χ0) is 13.7. The quantitative estimate of drug-likeness (QED) is 0.770. The average Bonchev–Trinajstić information content (AvgIpc) is 2.92. The lowest BCUT2D eigenvalue weighted by Crippen LogP contribution is -2.18. The zero-order valence-corrected chi connectivity index (χ0v) is 10.9. The van der Waals surface area contributed by atoms with E-state index in [1.807, 2.05) is 0 Å². The van der Waals surface area contributed by atoms with Crippen LogP contribution in [-0.2, 0) is 9.47 Å². The maximum Gasteiger partial charge on any atom is 0.342 e. The Morgan fingerprint density at radius 2 is 2.37 bits per heavy atom. The summed E-state index contributed by atoms with van der Waals surface area (Å²) in [6.07, 6.45) is 1.81. The van der Waals surface area contributed by atoms with Gasteiger partial charge in [0.1, 0.15) is 12.2 Å². The fourth-order valence-electron chi connectivity index (χ4n) is 1.98. The van der Waals surface area contributed by atoms with E-state index in [1.54, 1.807) is 6.92 Å². The van der Waals surface area contributed by atoms with Gasteiger partial charge in [-0.2, -0.15) is 0 Å². The molecular formula is C14H17FO4. The largest absolute Gasteiger partial charge is 0.490 e. The Morgan fingerprint density at radius 3 is 3.05 bits per heavy atom. The summed E-state index contributed by atoms with van der Waals surface area (Å²) in [6, 6.07) is 4.20. The van der Waals surface area contributed by atoms with E-state index in [4.69, 9.17) is 14.2 Å². The molecule has 2 rings (SSSR count).